The van der Waals surface area contributed by atoms with Crippen molar-refractivity contribution >= 4 is 28.2 Å². The lowest BCUT2D eigenvalue weighted by Crippen LogP contribution is -2.41. The van der Waals surface area contributed by atoms with E-state index in [4.69, 9.17) is 0 Å². The normalized spacial score (nSPS) is 17.4. The van der Waals surface area contributed by atoms with Crippen LogP contribution in [0.2, 0.25) is 0 Å². The van der Waals surface area contributed by atoms with E-state index < -0.39 is 11.5 Å². The number of ketones is 1. The molecule has 4 nitrogen and oxygen atoms in total. The van der Waals surface area contributed by atoms with Gasteiger partial charge in [0.05, 0.1) is 18.7 Å². The van der Waals surface area contributed by atoms with Crippen molar-refractivity contribution in [2.75, 3.05) is 4.90 Å². The molecule has 0 aliphatic carbocycles. The van der Waals surface area contributed by atoms with E-state index in [0.29, 0.717) is 23.4 Å². The Balaban J connectivity index is 1.51. The van der Waals surface area contributed by atoms with Crippen molar-refractivity contribution in [1.29, 1.82) is 0 Å². The Morgan fingerprint density at radius 1 is 0.892 bits per heavy atom. The molecule has 0 aromatic heterocycles. The molecular weight excluding hydrogens is 458 g/mol. The van der Waals surface area contributed by atoms with Crippen molar-refractivity contribution in [2.45, 2.75) is 58.6 Å². The van der Waals surface area contributed by atoms with Gasteiger partial charge in [0.15, 0.2) is 11.4 Å². The molecule has 1 aliphatic heterocycles. The van der Waals surface area contributed by atoms with E-state index in [1.54, 1.807) is 17.0 Å². The minimum atomic E-state index is -1.92. The maximum absolute atomic E-state index is 13.9. The van der Waals surface area contributed by atoms with Gasteiger partial charge in [-0.1, -0.05) is 93.6 Å². The quantitative estimate of drug-likeness (QED) is 0.314. The molecule has 0 fully saturated rings. The number of benzene rings is 4. The van der Waals surface area contributed by atoms with Crippen LogP contribution in [-0.2, 0) is 22.4 Å². The summed E-state index contributed by atoms with van der Waals surface area (Å²) in [5.41, 5.74) is 3.62. The zero-order valence-electron chi connectivity index (χ0n) is 22.1. The van der Waals surface area contributed by atoms with E-state index in [0.717, 1.165) is 33.0 Å². The average molecular weight is 492 g/mol. The maximum atomic E-state index is 13.9. The van der Waals surface area contributed by atoms with E-state index in [1.807, 2.05) is 80.6 Å². The van der Waals surface area contributed by atoms with Crippen LogP contribution in [0.25, 0.3) is 10.8 Å². The fourth-order valence-corrected chi connectivity index (χ4v) is 5.59. The van der Waals surface area contributed by atoms with Crippen LogP contribution in [0.5, 0.6) is 0 Å². The Morgan fingerprint density at radius 3 is 2.22 bits per heavy atom. The molecule has 1 atom stereocenters. The van der Waals surface area contributed by atoms with E-state index in [-0.39, 0.29) is 17.6 Å². The molecule has 5 rings (SSSR count). The molecule has 0 spiro atoms. The summed E-state index contributed by atoms with van der Waals surface area (Å²) in [5.74, 6) is -0.690. The molecule has 4 heteroatoms. The summed E-state index contributed by atoms with van der Waals surface area (Å²) >= 11 is 0. The highest BCUT2D eigenvalue weighted by molar-refractivity contribution is 6.11. The largest absolute Gasteiger partial charge is 0.375 e. The second-order valence-electron chi connectivity index (χ2n) is 11.2. The second-order valence-corrected chi connectivity index (χ2v) is 11.2. The molecule has 1 heterocycles. The maximum Gasteiger partial charge on any atom is 0.264 e. The predicted molar refractivity (Wildman–Crippen MR) is 149 cm³/mol. The zero-order valence-corrected chi connectivity index (χ0v) is 22.1. The van der Waals surface area contributed by atoms with Crippen LogP contribution < -0.4 is 4.90 Å². The van der Waals surface area contributed by atoms with Crippen LogP contribution in [0.4, 0.5) is 5.69 Å². The molecule has 4 aromatic rings. The van der Waals surface area contributed by atoms with Gasteiger partial charge in [-0.15, -0.1) is 0 Å². The number of carbonyl (C=O) groups excluding carboxylic acids is 2. The Labute approximate surface area is 218 Å². The van der Waals surface area contributed by atoms with Crippen LogP contribution in [0.15, 0.2) is 78.9 Å². The van der Waals surface area contributed by atoms with Gasteiger partial charge < -0.3 is 10.0 Å². The van der Waals surface area contributed by atoms with Gasteiger partial charge in [-0.3, -0.25) is 9.59 Å². The number of aryl methyl sites for hydroxylation is 2. The van der Waals surface area contributed by atoms with Crippen molar-refractivity contribution in [1.82, 2.24) is 0 Å². The van der Waals surface area contributed by atoms with Crippen molar-refractivity contribution in [3.8, 4) is 0 Å². The van der Waals surface area contributed by atoms with Crippen molar-refractivity contribution < 1.29 is 14.7 Å². The number of aliphatic hydroxyl groups is 1. The first kappa shape index (κ1) is 24.9. The van der Waals surface area contributed by atoms with Gasteiger partial charge in [0, 0.05) is 11.1 Å². The van der Waals surface area contributed by atoms with Crippen molar-refractivity contribution in [3.63, 3.8) is 0 Å². The summed E-state index contributed by atoms with van der Waals surface area (Å²) in [6.07, 6.45) is -0.300. The third-order valence-corrected chi connectivity index (χ3v) is 7.54. The summed E-state index contributed by atoms with van der Waals surface area (Å²) in [4.78, 5) is 29.2. The fraction of sp³-hybridized carbons (Fsp3) is 0.273. The first-order chi connectivity index (χ1) is 17.5. The smallest absolute Gasteiger partial charge is 0.264 e. The Kier molecular flexibility index (Phi) is 6.04. The van der Waals surface area contributed by atoms with Gasteiger partial charge in [-0.05, 0) is 58.4 Å². The van der Waals surface area contributed by atoms with Gasteiger partial charge in [-0.25, -0.2) is 0 Å². The number of Topliss-reactive ketones (excluding diaryl/α,β-unsaturated/α-hetero) is 1. The molecule has 37 heavy (non-hydrogen) atoms. The molecule has 4 aromatic carbocycles. The highest BCUT2D eigenvalue weighted by Crippen LogP contribution is 2.44. The van der Waals surface area contributed by atoms with Crippen LogP contribution >= 0.6 is 0 Å². The topological polar surface area (TPSA) is 57.6 Å². The molecule has 188 valence electrons. The Bertz CT molecular complexity index is 1520. The highest BCUT2D eigenvalue weighted by Gasteiger charge is 2.51. The minimum Gasteiger partial charge on any atom is -0.375 e. The second kappa shape index (κ2) is 8.97. The molecule has 1 amide bonds. The lowest BCUT2D eigenvalue weighted by molar-refractivity contribution is -0.136. The molecule has 0 radical (unpaired) electrons. The molecule has 1 N–H and O–H groups in total. The number of hydrogen-bond donors (Lipinski definition) is 1. The van der Waals surface area contributed by atoms with Crippen LogP contribution in [-0.4, -0.2) is 16.8 Å². The first-order valence-electron chi connectivity index (χ1n) is 12.8. The van der Waals surface area contributed by atoms with E-state index >= 15 is 0 Å². The predicted octanol–water partition coefficient (Wildman–Crippen LogP) is 6.76. The van der Waals surface area contributed by atoms with E-state index in [1.165, 1.54) is 0 Å². The number of rotatable bonds is 5. The number of carbonyl (C=O) groups is 2. The van der Waals surface area contributed by atoms with Gasteiger partial charge in [0.1, 0.15) is 0 Å². The Hall–Kier alpha value is -3.76. The molecule has 1 aliphatic rings. The highest BCUT2D eigenvalue weighted by atomic mass is 16.3. The number of amides is 1. The molecular formula is C33H33NO3. The first-order valence-corrected chi connectivity index (χ1v) is 12.8. The standard InChI is InChI=1S/C33H33NO3/c1-21-17-25(32(3,4)5)18-22(2)30(21)29(35)19-33(37)27-15-8-9-16-28(27)34(31(33)36)20-24-13-10-12-23-11-6-7-14-26(23)24/h6-18,37H,19-20H2,1-5H3/t33-/m0/s1. The van der Waals surface area contributed by atoms with Gasteiger partial charge >= 0.3 is 0 Å². The lowest BCUT2D eigenvalue weighted by atomic mass is 9.81. The molecule has 0 bridgehead atoms. The van der Waals surface area contributed by atoms with E-state index in [9.17, 15) is 14.7 Å². The summed E-state index contributed by atoms with van der Waals surface area (Å²) in [6.45, 7) is 10.6. The number of nitrogens with zero attached hydrogens (tertiary/aromatic N) is 1. The average Bonchev–Trinajstić information content (AvgIpc) is 3.05. The van der Waals surface area contributed by atoms with Gasteiger partial charge in [0.2, 0.25) is 0 Å². The van der Waals surface area contributed by atoms with Crippen molar-refractivity contribution in [2.24, 2.45) is 0 Å². The van der Waals surface area contributed by atoms with Gasteiger partial charge in [-0.2, -0.15) is 0 Å². The third-order valence-electron chi connectivity index (χ3n) is 7.54. The van der Waals surface area contributed by atoms with Crippen LogP contribution in [0.3, 0.4) is 0 Å². The van der Waals surface area contributed by atoms with Crippen LogP contribution in [0, 0.1) is 13.8 Å². The van der Waals surface area contributed by atoms with E-state index in [2.05, 4.69) is 20.8 Å². The molecule has 0 saturated heterocycles. The SMILES string of the molecule is Cc1cc(C(C)(C)C)cc(C)c1C(=O)C[C@@]1(O)C(=O)N(Cc2cccc3ccccc23)c2ccccc21. The molecule has 0 saturated carbocycles. The number of fused-ring (bicyclic) bond motifs is 2. The monoisotopic (exact) mass is 491 g/mol. The summed E-state index contributed by atoms with van der Waals surface area (Å²) < 4.78 is 0. The molecule has 0 unspecified atom stereocenters. The summed E-state index contributed by atoms with van der Waals surface area (Å²) in [5, 5.41) is 14.0. The summed E-state index contributed by atoms with van der Waals surface area (Å²) in [6, 6.07) is 25.4. The Morgan fingerprint density at radius 2 is 1.51 bits per heavy atom. The van der Waals surface area contributed by atoms with Gasteiger partial charge in [0.25, 0.3) is 5.91 Å². The zero-order chi connectivity index (χ0) is 26.5. The lowest BCUT2D eigenvalue weighted by Gasteiger charge is -2.25. The summed E-state index contributed by atoms with van der Waals surface area (Å²) in [7, 11) is 0. The number of para-hydroxylation sites is 1. The van der Waals surface area contributed by atoms with Crippen LogP contribution in [0.1, 0.15) is 65.4 Å². The number of hydrogen-bond acceptors (Lipinski definition) is 3. The number of anilines is 1. The third kappa shape index (κ3) is 4.25. The fourth-order valence-electron chi connectivity index (χ4n) is 5.59. The van der Waals surface area contributed by atoms with Crippen molar-refractivity contribution in [3.05, 3.63) is 112 Å². The minimum absolute atomic E-state index is 0.0439.